The van der Waals surface area contributed by atoms with Gasteiger partial charge in [0.25, 0.3) is 0 Å². The Hall–Kier alpha value is -1.09. The summed E-state index contributed by atoms with van der Waals surface area (Å²) in [6.45, 7) is 3.90. The molecule has 0 amide bonds. The van der Waals surface area contributed by atoms with E-state index in [9.17, 15) is 4.39 Å². The highest BCUT2D eigenvalue weighted by Crippen LogP contribution is 2.24. The van der Waals surface area contributed by atoms with Crippen LogP contribution < -0.4 is 10.6 Å². The Labute approximate surface area is 109 Å². The predicted molar refractivity (Wildman–Crippen MR) is 74.4 cm³/mol. The molecule has 0 radical (unpaired) electrons. The fourth-order valence-electron chi connectivity index (χ4n) is 2.62. The summed E-state index contributed by atoms with van der Waals surface area (Å²) in [4.78, 5) is 2.18. The van der Waals surface area contributed by atoms with Crippen LogP contribution in [0.25, 0.3) is 0 Å². The minimum absolute atomic E-state index is 0.0773. The van der Waals surface area contributed by atoms with E-state index in [2.05, 4.69) is 4.90 Å². The number of anilines is 1. The van der Waals surface area contributed by atoms with Crippen molar-refractivity contribution >= 4 is 5.69 Å². The first-order chi connectivity index (χ1) is 8.66. The van der Waals surface area contributed by atoms with E-state index in [1.54, 1.807) is 6.07 Å². The molecule has 18 heavy (non-hydrogen) atoms. The van der Waals surface area contributed by atoms with Crippen LogP contribution in [0.15, 0.2) is 18.2 Å². The number of hydrogen-bond donors (Lipinski definition) is 1. The molecule has 1 aromatic rings. The van der Waals surface area contributed by atoms with Gasteiger partial charge in [-0.3, -0.25) is 0 Å². The lowest BCUT2D eigenvalue weighted by Crippen LogP contribution is -2.25. The summed E-state index contributed by atoms with van der Waals surface area (Å²) in [5.74, 6) is -0.102. The number of nitrogens with two attached hydrogens (primary N) is 1. The molecule has 0 aromatic heterocycles. The highest BCUT2D eigenvalue weighted by Gasteiger charge is 2.14. The van der Waals surface area contributed by atoms with Crippen molar-refractivity contribution in [3.8, 4) is 0 Å². The van der Waals surface area contributed by atoms with E-state index in [-0.39, 0.29) is 11.9 Å². The molecule has 2 nitrogen and oxygen atoms in total. The zero-order valence-corrected chi connectivity index (χ0v) is 11.2. The summed E-state index contributed by atoms with van der Waals surface area (Å²) in [6.07, 6.45) is 5.60. The molecule has 0 spiro atoms. The maximum absolute atomic E-state index is 14.1. The Morgan fingerprint density at radius 3 is 2.44 bits per heavy atom. The number of hydrogen-bond acceptors (Lipinski definition) is 2. The molecule has 0 aliphatic carbocycles. The largest absolute Gasteiger partial charge is 0.369 e. The van der Waals surface area contributed by atoms with Gasteiger partial charge < -0.3 is 10.6 Å². The summed E-state index contributed by atoms with van der Waals surface area (Å²) in [7, 11) is 0. The number of benzene rings is 1. The fourth-order valence-corrected chi connectivity index (χ4v) is 2.62. The molecule has 0 saturated carbocycles. The number of rotatable bonds is 3. The molecule has 1 aromatic carbocycles. The zero-order valence-electron chi connectivity index (χ0n) is 11.2. The summed E-state index contributed by atoms with van der Waals surface area (Å²) < 4.78 is 14.1. The van der Waals surface area contributed by atoms with Gasteiger partial charge in [-0.2, -0.15) is 0 Å². The van der Waals surface area contributed by atoms with E-state index >= 15 is 0 Å². The van der Waals surface area contributed by atoms with Crippen LogP contribution in [0.3, 0.4) is 0 Å². The van der Waals surface area contributed by atoms with Crippen LogP contribution in [0.5, 0.6) is 0 Å². The molecule has 0 bridgehead atoms. The second-order valence-electron chi connectivity index (χ2n) is 5.37. The van der Waals surface area contributed by atoms with Crippen LogP contribution in [0.1, 0.15) is 38.2 Å². The molecule has 2 N–H and O–H groups in total. The van der Waals surface area contributed by atoms with Crippen LogP contribution >= 0.6 is 0 Å². The van der Waals surface area contributed by atoms with Crippen molar-refractivity contribution < 1.29 is 4.39 Å². The van der Waals surface area contributed by atoms with Gasteiger partial charge in [-0.25, -0.2) is 4.39 Å². The van der Waals surface area contributed by atoms with Crippen molar-refractivity contribution in [3.05, 3.63) is 29.6 Å². The van der Waals surface area contributed by atoms with E-state index in [4.69, 9.17) is 5.73 Å². The van der Waals surface area contributed by atoms with E-state index in [1.807, 2.05) is 19.1 Å². The van der Waals surface area contributed by atoms with Crippen molar-refractivity contribution in [2.24, 2.45) is 5.73 Å². The highest BCUT2D eigenvalue weighted by atomic mass is 19.1. The van der Waals surface area contributed by atoms with Crippen molar-refractivity contribution in [2.75, 3.05) is 18.0 Å². The Kier molecular flexibility index (Phi) is 4.59. The lowest BCUT2D eigenvalue weighted by atomic mass is 10.1. The second kappa shape index (κ2) is 6.19. The first-order valence-electron chi connectivity index (χ1n) is 6.96. The van der Waals surface area contributed by atoms with Gasteiger partial charge in [0.15, 0.2) is 0 Å². The first kappa shape index (κ1) is 13.3. The van der Waals surface area contributed by atoms with Crippen LogP contribution in [-0.2, 0) is 6.42 Å². The van der Waals surface area contributed by atoms with Gasteiger partial charge in [-0.05, 0) is 43.9 Å². The topological polar surface area (TPSA) is 29.3 Å². The lowest BCUT2D eigenvalue weighted by Gasteiger charge is -2.23. The quantitative estimate of drug-likeness (QED) is 0.893. The van der Waals surface area contributed by atoms with Gasteiger partial charge in [-0.15, -0.1) is 0 Å². The van der Waals surface area contributed by atoms with Crippen molar-refractivity contribution in [1.82, 2.24) is 0 Å². The van der Waals surface area contributed by atoms with Crippen molar-refractivity contribution in [1.29, 1.82) is 0 Å². The molecule has 1 unspecified atom stereocenters. The minimum atomic E-state index is -0.102. The van der Waals surface area contributed by atoms with Gasteiger partial charge in [0, 0.05) is 19.1 Å². The Bertz CT molecular complexity index is 382. The maximum atomic E-state index is 14.1. The predicted octanol–water partition coefficient (Wildman–Crippen LogP) is 3.10. The first-order valence-corrected chi connectivity index (χ1v) is 6.96. The second-order valence-corrected chi connectivity index (χ2v) is 5.37. The Balaban J connectivity index is 2.12. The zero-order chi connectivity index (χ0) is 13.0. The molecule has 100 valence electrons. The fraction of sp³-hybridized carbons (Fsp3) is 0.600. The maximum Gasteiger partial charge on any atom is 0.146 e. The lowest BCUT2D eigenvalue weighted by molar-refractivity contribution is 0.612. The van der Waals surface area contributed by atoms with E-state index in [0.29, 0.717) is 0 Å². The summed E-state index contributed by atoms with van der Waals surface area (Å²) in [6, 6.07) is 5.64. The van der Waals surface area contributed by atoms with E-state index < -0.39 is 0 Å². The van der Waals surface area contributed by atoms with Gasteiger partial charge >= 0.3 is 0 Å². The van der Waals surface area contributed by atoms with E-state index in [1.165, 1.54) is 25.7 Å². The van der Waals surface area contributed by atoms with Crippen LogP contribution in [-0.4, -0.2) is 19.1 Å². The Morgan fingerprint density at radius 1 is 1.22 bits per heavy atom. The summed E-state index contributed by atoms with van der Waals surface area (Å²) in [5.41, 5.74) is 7.49. The molecule has 1 atom stereocenters. The number of nitrogens with zero attached hydrogens (tertiary/aromatic N) is 1. The summed E-state index contributed by atoms with van der Waals surface area (Å²) in [5, 5.41) is 0. The minimum Gasteiger partial charge on any atom is -0.369 e. The smallest absolute Gasteiger partial charge is 0.146 e. The molecule has 2 rings (SSSR count). The molecule has 1 heterocycles. The highest BCUT2D eigenvalue weighted by molar-refractivity contribution is 5.49. The average molecular weight is 250 g/mol. The van der Waals surface area contributed by atoms with Crippen molar-refractivity contribution in [3.63, 3.8) is 0 Å². The third-order valence-electron chi connectivity index (χ3n) is 3.52. The molecule has 3 heteroatoms. The van der Waals surface area contributed by atoms with Crippen LogP contribution in [0.4, 0.5) is 10.1 Å². The Morgan fingerprint density at radius 2 is 1.89 bits per heavy atom. The third-order valence-corrected chi connectivity index (χ3v) is 3.52. The molecule has 1 aliphatic rings. The van der Waals surface area contributed by atoms with Gasteiger partial charge in [0.2, 0.25) is 0 Å². The molecule has 1 aliphatic heterocycles. The van der Waals surface area contributed by atoms with Gasteiger partial charge in [0.1, 0.15) is 5.82 Å². The SMILES string of the molecule is CC(N)Cc1ccc(N2CCCCCC2)c(F)c1. The van der Waals surface area contributed by atoms with E-state index in [0.717, 1.165) is 30.8 Å². The van der Waals surface area contributed by atoms with Crippen LogP contribution in [0.2, 0.25) is 0 Å². The van der Waals surface area contributed by atoms with Crippen molar-refractivity contribution in [2.45, 2.75) is 45.1 Å². The monoisotopic (exact) mass is 250 g/mol. The molecule has 1 fully saturated rings. The molecule has 1 saturated heterocycles. The standard InChI is InChI=1S/C15H23FN2/c1-12(17)10-13-6-7-15(14(16)11-13)18-8-4-2-3-5-9-18/h6-7,11-12H,2-5,8-10,17H2,1H3. The normalized spacial score (nSPS) is 18.5. The van der Waals surface area contributed by atoms with Crippen LogP contribution in [0, 0.1) is 5.82 Å². The molecular weight excluding hydrogens is 227 g/mol. The number of halogens is 1. The summed E-state index contributed by atoms with van der Waals surface area (Å²) >= 11 is 0. The molecular formula is C15H23FN2. The van der Waals surface area contributed by atoms with Gasteiger partial charge in [0.05, 0.1) is 5.69 Å². The average Bonchev–Trinajstić information content (AvgIpc) is 2.57. The third kappa shape index (κ3) is 3.45. The van der Waals surface area contributed by atoms with Gasteiger partial charge in [-0.1, -0.05) is 18.9 Å².